The molecular weight excluding hydrogens is 286 g/mol. The van der Waals surface area contributed by atoms with Gasteiger partial charge in [0.05, 0.1) is 10.6 Å². The molecule has 1 heterocycles. The summed E-state index contributed by atoms with van der Waals surface area (Å²) in [6, 6.07) is 1.67. The molecule has 1 aromatic rings. The highest BCUT2D eigenvalue weighted by atomic mass is 35.5. The average molecular weight is 312 g/mol. The van der Waals surface area contributed by atoms with E-state index >= 15 is 0 Å². The fraction of sp³-hybridized carbons (Fsp3) is 0.625. The Morgan fingerprint density at radius 1 is 1.24 bits per heavy atom. The molecule has 0 radical (unpaired) electrons. The Bertz CT molecular complexity index is 464. The van der Waals surface area contributed by atoms with Gasteiger partial charge in [-0.2, -0.15) is 0 Å². The summed E-state index contributed by atoms with van der Waals surface area (Å²) in [5, 5.41) is 6.74. The van der Waals surface area contributed by atoms with Crippen molar-refractivity contribution in [2.24, 2.45) is 0 Å². The Kier molecular flexibility index (Phi) is 6.96. The Morgan fingerprint density at radius 3 is 2.33 bits per heavy atom. The van der Waals surface area contributed by atoms with Gasteiger partial charge in [-0.05, 0) is 31.7 Å². The number of pyridine rings is 1. The summed E-state index contributed by atoms with van der Waals surface area (Å²) in [4.78, 5) is 16.6. The van der Waals surface area contributed by atoms with Gasteiger partial charge in [-0.15, -0.1) is 0 Å². The van der Waals surface area contributed by atoms with E-state index in [1.165, 1.54) is 0 Å². The number of hydrogen-bond acceptors (Lipinski definition) is 3. The minimum absolute atomic E-state index is 0.114. The van der Waals surface area contributed by atoms with Gasteiger partial charge in [-0.1, -0.05) is 39.3 Å². The number of hydrogen-bond donors (Lipinski definition) is 2. The molecule has 0 bridgehead atoms. The number of amides is 1. The van der Waals surface area contributed by atoms with Crippen LogP contribution in [-0.2, 0) is 0 Å². The lowest BCUT2D eigenvalue weighted by Crippen LogP contribution is -2.47. The molecule has 21 heavy (non-hydrogen) atoms. The van der Waals surface area contributed by atoms with Crippen molar-refractivity contribution in [3.63, 3.8) is 0 Å². The van der Waals surface area contributed by atoms with Crippen LogP contribution in [0.15, 0.2) is 12.3 Å². The van der Waals surface area contributed by atoms with Crippen LogP contribution in [0.1, 0.15) is 63.7 Å². The number of aromatic nitrogens is 1. The predicted molar refractivity (Wildman–Crippen MR) is 89.1 cm³/mol. The number of nitrogens with one attached hydrogen (secondary N) is 2. The maximum Gasteiger partial charge on any atom is 0.253 e. The highest BCUT2D eigenvalue weighted by Crippen LogP contribution is 2.23. The van der Waals surface area contributed by atoms with E-state index < -0.39 is 0 Å². The fourth-order valence-corrected chi connectivity index (χ4v) is 2.50. The zero-order chi connectivity index (χ0) is 15.9. The first-order valence-corrected chi connectivity index (χ1v) is 8.11. The maximum atomic E-state index is 12.4. The quantitative estimate of drug-likeness (QED) is 0.754. The Hall–Kier alpha value is -1.29. The van der Waals surface area contributed by atoms with Crippen LogP contribution in [-0.4, -0.2) is 23.0 Å². The predicted octanol–water partition coefficient (Wildman–Crippen LogP) is 4.26. The van der Waals surface area contributed by atoms with Crippen LogP contribution in [0.4, 0.5) is 5.82 Å². The van der Waals surface area contributed by atoms with Gasteiger partial charge in [-0.3, -0.25) is 4.79 Å². The molecule has 2 N–H and O–H groups in total. The number of nitrogens with zero attached hydrogens (tertiary/aromatic N) is 1. The molecule has 0 unspecified atom stereocenters. The molecule has 0 fully saturated rings. The SMILES string of the molecule is CCCNc1ncc(C(=O)NC(CC)(CC)CC)cc1Cl. The summed E-state index contributed by atoms with van der Waals surface area (Å²) >= 11 is 6.18. The third-order valence-electron chi connectivity index (χ3n) is 4.05. The number of carbonyl (C=O) groups excluding carboxylic acids is 1. The molecule has 5 heteroatoms. The zero-order valence-electron chi connectivity index (χ0n) is 13.4. The van der Waals surface area contributed by atoms with E-state index in [4.69, 9.17) is 11.6 Å². The topological polar surface area (TPSA) is 54.0 Å². The van der Waals surface area contributed by atoms with Crippen molar-refractivity contribution in [2.45, 2.75) is 58.9 Å². The highest BCUT2D eigenvalue weighted by Gasteiger charge is 2.26. The third kappa shape index (κ3) is 4.60. The largest absolute Gasteiger partial charge is 0.369 e. The standard InChI is InChI=1S/C16H26ClN3O/c1-5-9-18-14-13(17)10-12(11-19-14)15(21)20-16(6-2,7-3)8-4/h10-11H,5-9H2,1-4H3,(H,18,19)(H,20,21). The van der Waals surface area contributed by atoms with Crippen molar-refractivity contribution in [1.82, 2.24) is 10.3 Å². The summed E-state index contributed by atoms with van der Waals surface area (Å²) in [7, 11) is 0. The van der Waals surface area contributed by atoms with Gasteiger partial charge in [0.1, 0.15) is 5.82 Å². The van der Waals surface area contributed by atoms with Crippen molar-refractivity contribution in [3.8, 4) is 0 Å². The van der Waals surface area contributed by atoms with Crippen LogP contribution in [0.5, 0.6) is 0 Å². The molecule has 0 atom stereocenters. The Morgan fingerprint density at radius 2 is 1.86 bits per heavy atom. The van der Waals surface area contributed by atoms with Gasteiger partial charge in [0, 0.05) is 18.3 Å². The second-order valence-electron chi connectivity index (χ2n) is 5.28. The van der Waals surface area contributed by atoms with Gasteiger partial charge >= 0.3 is 0 Å². The smallest absolute Gasteiger partial charge is 0.253 e. The molecule has 1 amide bonds. The van der Waals surface area contributed by atoms with Gasteiger partial charge in [0.2, 0.25) is 0 Å². The minimum atomic E-state index is -0.150. The van der Waals surface area contributed by atoms with Gasteiger partial charge in [0.15, 0.2) is 0 Å². The molecule has 0 aliphatic carbocycles. The van der Waals surface area contributed by atoms with Crippen LogP contribution < -0.4 is 10.6 Å². The van der Waals surface area contributed by atoms with E-state index in [0.717, 1.165) is 32.2 Å². The molecule has 0 spiro atoms. The number of anilines is 1. The van der Waals surface area contributed by atoms with Crippen molar-refractivity contribution < 1.29 is 4.79 Å². The minimum Gasteiger partial charge on any atom is -0.369 e. The van der Waals surface area contributed by atoms with Crippen LogP contribution in [0, 0.1) is 0 Å². The van der Waals surface area contributed by atoms with E-state index in [0.29, 0.717) is 16.4 Å². The van der Waals surface area contributed by atoms with Crippen molar-refractivity contribution >= 4 is 23.3 Å². The average Bonchev–Trinajstić information content (AvgIpc) is 2.51. The first-order chi connectivity index (χ1) is 10.0. The number of carbonyl (C=O) groups is 1. The molecule has 118 valence electrons. The third-order valence-corrected chi connectivity index (χ3v) is 4.34. The molecule has 0 aliphatic rings. The monoisotopic (exact) mass is 311 g/mol. The molecule has 1 aromatic heterocycles. The molecule has 0 aliphatic heterocycles. The lowest BCUT2D eigenvalue weighted by atomic mass is 9.89. The van der Waals surface area contributed by atoms with E-state index in [9.17, 15) is 4.79 Å². The number of rotatable bonds is 8. The second kappa shape index (κ2) is 8.23. The lowest BCUT2D eigenvalue weighted by molar-refractivity contribution is 0.0888. The normalized spacial score (nSPS) is 11.3. The first-order valence-electron chi connectivity index (χ1n) is 7.73. The van der Waals surface area contributed by atoms with Crippen LogP contribution in [0.3, 0.4) is 0 Å². The summed E-state index contributed by atoms with van der Waals surface area (Å²) < 4.78 is 0. The van der Waals surface area contributed by atoms with Crippen LogP contribution in [0.25, 0.3) is 0 Å². The molecule has 4 nitrogen and oxygen atoms in total. The summed E-state index contributed by atoms with van der Waals surface area (Å²) in [5.74, 6) is 0.514. The molecule has 0 saturated carbocycles. The summed E-state index contributed by atoms with van der Waals surface area (Å²) in [6.07, 6.45) is 5.28. The van der Waals surface area contributed by atoms with Crippen molar-refractivity contribution in [1.29, 1.82) is 0 Å². The van der Waals surface area contributed by atoms with Gasteiger partial charge in [0.25, 0.3) is 5.91 Å². The molecular formula is C16H26ClN3O. The van der Waals surface area contributed by atoms with Crippen LogP contribution in [0.2, 0.25) is 5.02 Å². The van der Waals surface area contributed by atoms with E-state index in [1.807, 2.05) is 0 Å². The lowest BCUT2D eigenvalue weighted by Gasteiger charge is -2.31. The zero-order valence-corrected chi connectivity index (χ0v) is 14.2. The Labute approximate surface area is 132 Å². The molecule has 0 saturated heterocycles. The first kappa shape index (κ1) is 17.8. The number of halogens is 1. The van der Waals surface area contributed by atoms with Crippen molar-refractivity contribution in [3.05, 3.63) is 22.8 Å². The van der Waals surface area contributed by atoms with Crippen molar-refractivity contribution in [2.75, 3.05) is 11.9 Å². The fourth-order valence-electron chi connectivity index (χ4n) is 2.26. The Balaban J connectivity index is 2.86. The van der Waals surface area contributed by atoms with E-state index in [2.05, 4.69) is 43.3 Å². The molecule has 0 aromatic carbocycles. The maximum absolute atomic E-state index is 12.4. The summed E-state index contributed by atoms with van der Waals surface area (Å²) in [5.41, 5.74) is 0.352. The summed E-state index contributed by atoms with van der Waals surface area (Å²) in [6.45, 7) is 9.16. The van der Waals surface area contributed by atoms with Gasteiger partial charge in [-0.25, -0.2) is 4.98 Å². The van der Waals surface area contributed by atoms with Crippen LogP contribution >= 0.6 is 11.6 Å². The molecule has 1 rings (SSSR count). The van der Waals surface area contributed by atoms with Gasteiger partial charge < -0.3 is 10.6 Å². The van der Waals surface area contributed by atoms with E-state index in [-0.39, 0.29) is 11.4 Å². The second-order valence-corrected chi connectivity index (χ2v) is 5.68. The van der Waals surface area contributed by atoms with E-state index in [1.54, 1.807) is 12.3 Å². The highest BCUT2D eigenvalue weighted by molar-refractivity contribution is 6.33.